The van der Waals surface area contributed by atoms with Crippen molar-refractivity contribution in [2.75, 3.05) is 5.32 Å². The van der Waals surface area contributed by atoms with Crippen LogP contribution in [0.25, 0.3) is 82.7 Å². The van der Waals surface area contributed by atoms with E-state index in [-0.39, 0.29) is 0 Å². The van der Waals surface area contributed by atoms with Crippen LogP contribution in [0.4, 0.5) is 11.4 Å². The van der Waals surface area contributed by atoms with Crippen molar-refractivity contribution in [2.24, 2.45) is 0 Å². The zero-order valence-electron chi connectivity index (χ0n) is 27.8. The Hall–Kier alpha value is -6.84. The lowest BCUT2D eigenvalue weighted by molar-refractivity contribution is 1.18. The van der Waals surface area contributed by atoms with Crippen molar-refractivity contribution in [1.82, 2.24) is 9.55 Å². The maximum absolute atomic E-state index is 3.67. The first-order valence-electron chi connectivity index (χ1n) is 17.4. The smallest absolute Gasteiger partial charge is 0.0541 e. The number of aromatic amines is 1. The van der Waals surface area contributed by atoms with Gasteiger partial charge in [-0.25, -0.2) is 0 Å². The van der Waals surface area contributed by atoms with Crippen LogP contribution >= 0.6 is 0 Å². The molecule has 10 aromatic rings. The van der Waals surface area contributed by atoms with E-state index in [9.17, 15) is 0 Å². The summed E-state index contributed by atoms with van der Waals surface area (Å²) in [6.45, 7) is 0. The molecule has 2 heterocycles. The summed E-state index contributed by atoms with van der Waals surface area (Å²) in [7, 11) is 0. The number of nitrogens with zero attached hydrogens (tertiary/aromatic N) is 1. The summed E-state index contributed by atoms with van der Waals surface area (Å²) < 4.78 is 2.37. The van der Waals surface area contributed by atoms with Gasteiger partial charge in [-0.3, -0.25) is 0 Å². The number of rotatable bonds is 6. The number of H-pyrrole nitrogens is 1. The highest BCUT2D eigenvalue weighted by Crippen LogP contribution is 2.39. The van der Waals surface area contributed by atoms with Crippen molar-refractivity contribution in [3.63, 3.8) is 0 Å². The molecule has 240 valence electrons. The first-order valence-corrected chi connectivity index (χ1v) is 17.4. The van der Waals surface area contributed by atoms with Crippen molar-refractivity contribution >= 4 is 55.0 Å². The van der Waals surface area contributed by atoms with E-state index in [2.05, 4.69) is 197 Å². The molecule has 10 rings (SSSR count). The van der Waals surface area contributed by atoms with Crippen molar-refractivity contribution in [3.8, 4) is 39.1 Å². The summed E-state index contributed by atoms with van der Waals surface area (Å²) in [6, 6.07) is 67.5. The Labute approximate surface area is 296 Å². The summed E-state index contributed by atoms with van der Waals surface area (Å²) in [4.78, 5) is 3.67. The van der Waals surface area contributed by atoms with Crippen LogP contribution in [0.2, 0.25) is 0 Å². The number of hydrogen-bond donors (Lipinski definition) is 2. The van der Waals surface area contributed by atoms with Gasteiger partial charge in [-0.2, -0.15) is 0 Å². The van der Waals surface area contributed by atoms with Gasteiger partial charge in [0.2, 0.25) is 0 Å². The molecule has 0 amide bonds. The van der Waals surface area contributed by atoms with Gasteiger partial charge in [0.15, 0.2) is 0 Å². The fourth-order valence-electron chi connectivity index (χ4n) is 7.63. The zero-order valence-corrected chi connectivity index (χ0v) is 27.8. The molecule has 0 atom stereocenters. The van der Waals surface area contributed by atoms with Gasteiger partial charge in [-0.1, -0.05) is 109 Å². The Morgan fingerprint density at radius 2 is 0.902 bits per heavy atom. The summed E-state index contributed by atoms with van der Waals surface area (Å²) in [5.74, 6) is 0. The van der Waals surface area contributed by atoms with E-state index in [1.807, 2.05) is 6.07 Å². The number of para-hydroxylation sites is 3. The average Bonchev–Trinajstić information content (AvgIpc) is 3.74. The van der Waals surface area contributed by atoms with Gasteiger partial charge < -0.3 is 14.9 Å². The second kappa shape index (κ2) is 11.9. The fraction of sp³-hybridized carbons (Fsp3) is 0. The Bertz CT molecular complexity index is 2860. The number of anilines is 2. The molecule has 0 saturated carbocycles. The first kappa shape index (κ1) is 29.1. The van der Waals surface area contributed by atoms with E-state index in [0.29, 0.717) is 0 Å². The van der Waals surface area contributed by atoms with E-state index in [4.69, 9.17) is 0 Å². The Kier molecular flexibility index (Phi) is 6.81. The van der Waals surface area contributed by atoms with Gasteiger partial charge in [0, 0.05) is 55.2 Å². The molecule has 0 unspecified atom stereocenters. The number of fused-ring (bicyclic) bond motifs is 6. The summed E-state index contributed by atoms with van der Waals surface area (Å²) in [5.41, 5.74) is 15.2. The number of nitrogens with one attached hydrogen (secondary N) is 2. The van der Waals surface area contributed by atoms with Gasteiger partial charge in [0.1, 0.15) is 0 Å². The van der Waals surface area contributed by atoms with Crippen LogP contribution < -0.4 is 5.32 Å². The molecule has 51 heavy (non-hydrogen) atoms. The second-order valence-electron chi connectivity index (χ2n) is 13.2. The van der Waals surface area contributed by atoms with Gasteiger partial charge in [0.25, 0.3) is 0 Å². The molecule has 3 nitrogen and oxygen atoms in total. The molecule has 0 fully saturated rings. The standard InChI is InChI=1S/C48H33N3/c1-4-12-32(13-5-1)40-28-33(20-24-44(40)49-37-14-6-2-7-15-37)34-21-25-45-41(29-34)42-30-35(22-26-46(42)50-45)36-23-27-48-43(31-36)39-18-10-11-19-47(39)51(48)38-16-8-3-9-17-38/h1-31,49-50H. The number of benzene rings is 8. The van der Waals surface area contributed by atoms with Crippen molar-refractivity contribution < 1.29 is 0 Å². The Morgan fingerprint density at radius 1 is 0.373 bits per heavy atom. The second-order valence-corrected chi connectivity index (χ2v) is 13.2. The molecule has 0 spiro atoms. The molecule has 2 N–H and O–H groups in total. The third-order valence-electron chi connectivity index (χ3n) is 10.1. The molecule has 3 heteroatoms. The van der Waals surface area contributed by atoms with Crippen molar-refractivity contribution in [1.29, 1.82) is 0 Å². The van der Waals surface area contributed by atoms with Crippen LogP contribution in [0.3, 0.4) is 0 Å². The summed E-state index contributed by atoms with van der Waals surface area (Å²) in [6.07, 6.45) is 0. The summed E-state index contributed by atoms with van der Waals surface area (Å²) in [5, 5.41) is 8.61. The largest absolute Gasteiger partial charge is 0.355 e. The van der Waals surface area contributed by atoms with Crippen LogP contribution in [0.5, 0.6) is 0 Å². The SMILES string of the molecule is c1ccc(Nc2ccc(-c3ccc4[nH]c5ccc(-c6ccc7c(c6)c6ccccc6n7-c6ccccc6)cc5c4c3)cc2-c2ccccc2)cc1. The number of aromatic nitrogens is 2. The molecular formula is C48H33N3. The highest BCUT2D eigenvalue weighted by Gasteiger charge is 2.15. The molecule has 2 aromatic heterocycles. The normalized spacial score (nSPS) is 11.5. The zero-order chi connectivity index (χ0) is 33.7. The van der Waals surface area contributed by atoms with E-state index in [0.717, 1.165) is 22.4 Å². The maximum atomic E-state index is 3.67. The predicted octanol–water partition coefficient (Wildman–Crippen LogP) is 13.2. The van der Waals surface area contributed by atoms with Crippen molar-refractivity contribution in [3.05, 3.63) is 188 Å². The lowest BCUT2D eigenvalue weighted by atomic mass is 9.96. The third-order valence-corrected chi connectivity index (χ3v) is 10.1. The van der Waals surface area contributed by atoms with Gasteiger partial charge in [-0.15, -0.1) is 0 Å². The van der Waals surface area contributed by atoms with E-state index >= 15 is 0 Å². The Balaban J connectivity index is 1.07. The van der Waals surface area contributed by atoms with Gasteiger partial charge >= 0.3 is 0 Å². The topological polar surface area (TPSA) is 32.8 Å². The maximum Gasteiger partial charge on any atom is 0.0541 e. The third kappa shape index (κ3) is 5.06. The lowest BCUT2D eigenvalue weighted by Crippen LogP contribution is -1.94. The molecule has 0 saturated heterocycles. The molecule has 0 aliphatic heterocycles. The highest BCUT2D eigenvalue weighted by atomic mass is 15.0. The van der Waals surface area contributed by atoms with E-state index in [1.165, 1.54) is 71.6 Å². The lowest BCUT2D eigenvalue weighted by Gasteiger charge is -2.15. The van der Waals surface area contributed by atoms with Crippen LogP contribution in [-0.2, 0) is 0 Å². The van der Waals surface area contributed by atoms with Crippen molar-refractivity contribution in [2.45, 2.75) is 0 Å². The minimum Gasteiger partial charge on any atom is -0.355 e. The fourth-order valence-corrected chi connectivity index (χ4v) is 7.63. The van der Waals surface area contributed by atoms with Crippen LogP contribution in [0.1, 0.15) is 0 Å². The van der Waals surface area contributed by atoms with Gasteiger partial charge in [-0.05, 0) is 107 Å². The van der Waals surface area contributed by atoms with Crippen LogP contribution in [0.15, 0.2) is 188 Å². The molecule has 8 aromatic carbocycles. The molecule has 0 aliphatic rings. The van der Waals surface area contributed by atoms with E-state index in [1.54, 1.807) is 0 Å². The van der Waals surface area contributed by atoms with Gasteiger partial charge in [0.05, 0.1) is 11.0 Å². The predicted molar refractivity (Wildman–Crippen MR) is 216 cm³/mol. The molecule has 0 radical (unpaired) electrons. The summed E-state index contributed by atoms with van der Waals surface area (Å²) >= 11 is 0. The molecular weight excluding hydrogens is 619 g/mol. The van der Waals surface area contributed by atoms with E-state index < -0.39 is 0 Å². The first-order chi connectivity index (χ1) is 25.3. The quantitative estimate of drug-likeness (QED) is 0.184. The minimum absolute atomic E-state index is 1.07. The minimum atomic E-state index is 1.07. The Morgan fingerprint density at radius 3 is 1.61 bits per heavy atom. The number of hydrogen-bond acceptors (Lipinski definition) is 1. The monoisotopic (exact) mass is 651 g/mol. The van der Waals surface area contributed by atoms with Crippen LogP contribution in [-0.4, -0.2) is 9.55 Å². The highest BCUT2D eigenvalue weighted by molar-refractivity contribution is 6.12. The molecule has 0 aliphatic carbocycles. The molecule has 0 bridgehead atoms. The van der Waals surface area contributed by atoms with Crippen LogP contribution in [0, 0.1) is 0 Å². The average molecular weight is 652 g/mol.